The Morgan fingerprint density at radius 1 is 0.256 bits per heavy atom. The lowest BCUT2D eigenvalue weighted by molar-refractivity contribution is -0.419. The van der Waals surface area contributed by atoms with Gasteiger partial charge in [0.25, 0.3) is 0 Å². The van der Waals surface area contributed by atoms with Gasteiger partial charge >= 0.3 is 71.9 Å². The van der Waals surface area contributed by atoms with Gasteiger partial charge in [-0.05, 0) is 0 Å². The fourth-order valence-electron chi connectivity index (χ4n) is 1.66. The average Bonchev–Trinajstić information content (AvgIpc) is 2.75. The van der Waals surface area contributed by atoms with Gasteiger partial charge in [-0.3, -0.25) is 0 Å². The zero-order chi connectivity index (χ0) is 35.3. The molecule has 0 aliphatic carbocycles. The second kappa shape index (κ2) is 12.1. The summed E-state index contributed by atoms with van der Waals surface area (Å²) in [7, 11) is 0. The highest BCUT2D eigenvalue weighted by Crippen LogP contribution is 2.60. The molecule has 0 saturated heterocycles. The van der Waals surface area contributed by atoms with Gasteiger partial charge in [-0.1, -0.05) is 0 Å². The lowest BCUT2D eigenvalue weighted by atomic mass is 9.97. The van der Waals surface area contributed by atoms with E-state index in [-0.39, 0.29) is 5.48 Å². The molecule has 0 amide bonds. The minimum atomic E-state index is -7.92. The molecule has 0 unspecified atom stereocenters. The Morgan fingerprint density at radius 3 is 0.535 bits per heavy atom. The molecule has 0 rings (SSSR count). The Kier molecular flexibility index (Phi) is 12.6. The van der Waals surface area contributed by atoms with Crippen LogP contribution in [-0.4, -0.2) is 65.2 Å². The van der Waals surface area contributed by atoms with Gasteiger partial charge in [-0.15, -0.1) is 0 Å². The normalized spacial score (nSPS) is 14.8. The van der Waals surface area contributed by atoms with Gasteiger partial charge in [-0.25, -0.2) is 0 Å². The van der Waals surface area contributed by atoms with E-state index in [2.05, 4.69) is 0 Å². The molecular formula is C14H2F28O. The number of halogens is 28. The van der Waals surface area contributed by atoms with Crippen LogP contribution in [0.3, 0.4) is 0 Å². The van der Waals surface area contributed by atoms with Crippen molar-refractivity contribution >= 4 is 0 Å². The zero-order valence-electron chi connectivity index (χ0n) is 18.1. The summed E-state index contributed by atoms with van der Waals surface area (Å²) in [6, 6.07) is 0. The fraction of sp³-hybridized carbons (Fsp3) is 0.714. The Hall–Kier alpha value is -2.52. The molecule has 2 N–H and O–H groups in total. The summed E-state index contributed by atoms with van der Waals surface area (Å²) in [6.45, 7) is 0. The predicted molar refractivity (Wildman–Crippen MR) is 76.0 cm³/mol. The lowest BCUT2D eigenvalue weighted by Crippen LogP contribution is -2.66. The van der Waals surface area contributed by atoms with E-state index in [1.807, 2.05) is 0 Å². The van der Waals surface area contributed by atoms with Crippen LogP contribution in [0.5, 0.6) is 0 Å². The van der Waals surface area contributed by atoms with Crippen molar-refractivity contribution in [3.05, 3.63) is 23.8 Å². The van der Waals surface area contributed by atoms with E-state index in [1.54, 1.807) is 0 Å². The third kappa shape index (κ3) is 6.93. The Balaban J connectivity index is -0.000000727. The van der Waals surface area contributed by atoms with Crippen molar-refractivity contribution in [2.45, 2.75) is 59.7 Å². The first-order valence-electron chi connectivity index (χ1n) is 8.29. The summed E-state index contributed by atoms with van der Waals surface area (Å²) >= 11 is 0. The quantitative estimate of drug-likeness (QED) is 0.224. The number of rotatable bonds is 8. The fourth-order valence-corrected chi connectivity index (χ4v) is 1.66. The molecule has 43 heavy (non-hydrogen) atoms. The van der Waals surface area contributed by atoms with Crippen molar-refractivity contribution in [3.8, 4) is 0 Å². The van der Waals surface area contributed by atoms with Crippen molar-refractivity contribution in [1.82, 2.24) is 0 Å². The third-order valence-corrected chi connectivity index (χ3v) is 3.96. The molecule has 0 fully saturated rings. The average molecular weight is 718 g/mol. The molecule has 0 spiro atoms. The van der Waals surface area contributed by atoms with Gasteiger partial charge in [0, 0.05) is 0 Å². The van der Waals surface area contributed by atoms with E-state index < -0.39 is 83.5 Å². The minimum Gasteiger partial charge on any atom is -0.412 e. The summed E-state index contributed by atoms with van der Waals surface area (Å²) in [6.07, 6.45) is -23.5. The van der Waals surface area contributed by atoms with Gasteiger partial charge < -0.3 is 5.48 Å². The van der Waals surface area contributed by atoms with Crippen molar-refractivity contribution in [2.75, 3.05) is 0 Å². The maximum absolute atomic E-state index is 12.5. The lowest BCUT2D eigenvalue weighted by Gasteiger charge is -2.36. The molecule has 0 aliphatic heterocycles. The van der Waals surface area contributed by atoms with E-state index in [1.165, 1.54) is 0 Å². The molecule has 0 radical (unpaired) electrons. The van der Waals surface area contributed by atoms with Gasteiger partial charge in [0.05, 0.1) is 0 Å². The second-order valence-corrected chi connectivity index (χ2v) is 6.74. The first kappa shape index (κ1) is 44.9. The van der Waals surface area contributed by atoms with Crippen LogP contribution in [0.25, 0.3) is 0 Å². The largest absolute Gasteiger partial charge is 0.460 e. The smallest absolute Gasteiger partial charge is 0.412 e. The highest BCUT2D eigenvalue weighted by Gasteiger charge is 2.89. The van der Waals surface area contributed by atoms with Gasteiger partial charge in [-0.2, -0.15) is 123 Å². The van der Waals surface area contributed by atoms with Crippen LogP contribution >= 0.6 is 0 Å². The number of alkyl halides is 22. The summed E-state index contributed by atoms with van der Waals surface area (Å²) in [5.41, 5.74) is 0. The van der Waals surface area contributed by atoms with Crippen LogP contribution in [0.1, 0.15) is 0 Å². The third-order valence-electron chi connectivity index (χ3n) is 3.96. The number of allylic oxidation sites excluding steroid dienone is 2. The summed E-state index contributed by atoms with van der Waals surface area (Å²) in [5.74, 6) is -70.7. The molecule has 0 saturated carbocycles. The van der Waals surface area contributed by atoms with Crippen LogP contribution in [0.4, 0.5) is 123 Å². The summed E-state index contributed by atoms with van der Waals surface area (Å²) in [5, 5.41) is 0. The first-order chi connectivity index (χ1) is 17.7. The molecule has 0 aromatic carbocycles. The molecule has 0 atom stereocenters. The van der Waals surface area contributed by atoms with E-state index in [0.29, 0.717) is 0 Å². The molecule has 0 heterocycles. The van der Waals surface area contributed by atoms with Gasteiger partial charge in [0.15, 0.2) is 0 Å². The van der Waals surface area contributed by atoms with Crippen LogP contribution < -0.4 is 0 Å². The first-order valence-corrected chi connectivity index (χ1v) is 8.29. The van der Waals surface area contributed by atoms with E-state index in [4.69, 9.17) is 0 Å². The SMILES string of the molecule is FC(F)=C(F)C(F)(F)C(F)(F)C(F)(F)C(F)(F)C(F)(F)F.FC(F)=C(F)C(F)(F)C(F)(F)C(F)(F)C(F)(F)C(F)(F)F.O. The second-order valence-electron chi connectivity index (χ2n) is 6.74. The highest BCUT2D eigenvalue weighted by molar-refractivity contribution is 5.18. The molecule has 260 valence electrons. The standard InChI is InChI=1S/2C7F14.H2O/c2*8-1(2(9)10)3(11,12)4(13,14)5(15,16)6(17,18)7(19,20)21;/h;;1H2. The topological polar surface area (TPSA) is 31.5 Å². The van der Waals surface area contributed by atoms with E-state index in [9.17, 15) is 123 Å². The van der Waals surface area contributed by atoms with Crippen LogP contribution in [0.15, 0.2) is 23.8 Å². The predicted octanol–water partition coefficient (Wildman–Crippen LogP) is 9.51. The molecule has 1 nitrogen and oxygen atoms in total. The minimum absolute atomic E-state index is 0. The maximum atomic E-state index is 12.5. The summed E-state index contributed by atoms with van der Waals surface area (Å²) in [4.78, 5) is 0. The van der Waals surface area contributed by atoms with Crippen molar-refractivity contribution < 1.29 is 128 Å². The highest BCUT2D eigenvalue weighted by atomic mass is 19.4. The van der Waals surface area contributed by atoms with Gasteiger partial charge in [0.2, 0.25) is 11.7 Å². The molecule has 0 aromatic rings. The van der Waals surface area contributed by atoms with Crippen molar-refractivity contribution in [3.63, 3.8) is 0 Å². The number of hydrogen-bond donors (Lipinski definition) is 0. The number of hydrogen-bond acceptors (Lipinski definition) is 0. The molecule has 0 aromatic heterocycles. The van der Waals surface area contributed by atoms with Crippen LogP contribution in [-0.2, 0) is 0 Å². The molecule has 29 heteroatoms. The summed E-state index contributed by atoms with van der Waals surface area (Å²) < 4.78 is 337. The van der Waals surface area contributed by atoms with Crippen LogP contribution in [0.2, 0.25) is 0 Å². The Labute approximate surface area is 213 Å². The molecule has 0 bridgehead atoms. The monoisotopic (exact) mass is 718 g/mol. The molecular weight excluding hydrogens is 716 g/mol. The van der Waals surface area contributed by atoms with Crippen molar-refractivity contribution in [2.24, 2.45) is 0 Å². The Bertz CT molecular complexity index is 931. The zero-order valence-corrected chi connectivity index (χ0v) is 18.1. The van der Waals surface area contributed by atoms with Crippen molar-refractivity contribution in [1.29, 1.82) is 0 Å². The van der Waals surface area contributed by atoms with Gasteiger partial charge in [0.1, 0.15) is 0 Å². The Morgan fingerprint density at radius 2 is 0.419 bits per heavy atom. The van der Waals surface area contributed by atoms with Crippen LogP contribution in [0, 0.1) is 0 Å². The molecule has 0 aliphatic rings. The maximum Gasteiger partial charge on any atom is 0.460 e. The van der Waals surface area contributed by atoms with E-state index in [0.717, 1.165) is 0 Å². The van der Waals surface area contributed by atoms with E-state index >= 15 is 0 Å².